The molecule has 0 saturated carbocycles. The van der Waals surface area contributed by atoms with Crippen molar-refractivity contribution in [2.45, 2.75) is 347 Å². The molecular formula is C115H190O12Si3. The average Bonchev–Trinajstić information content (AvgIpc) is 1.52. The summed E-state index contributed by atoms with van der Waals surface area (Å²) in [5.74, 6) is 0.139. The maximum Gasteiger partial charge on any atom is 0.303 e. The van der Waals surface area contributed by atoms with Crippen molar-refractivity contribution >= 4 is 60.6 Å². The second-order valence-corrected chi connectivity index (χ2v) is 52.9. The van der Waals surface area contributed by atoms with Crippen LogP contribution in [0, 0.1) is 5.41 Å². The van der Waals surface area contributed by atoms with Crippen molar-refractivity contribution in [1.82, 2.24) is 0 Å². The summed E-state index contributed by atoms with van der Waals surface area (Å²) in [4.78, 5) is 61.3. The summed E-state index contributed by atoms with van der Waals surface area (Å²) in [5, 5.41) is 1.22. The molecule has 1 aliphatic rings. The Morgan fingerprint density at radius 3 is 0.923 bits per heavy atom. The standard InChI is InChI=1S/C20H18.C16H14O2.C9H10O2.C9H12O.C8H10.C7H16O2Si.C7H18Si.C6H12O2.C6H16Si.C5H8O2.C5H12.C5H10.C3H6O.C3H8.2C2H6.2CH4/c1-20(17-11-5-2-6-12-17,18-13-7-3-8-14-18)19-15-9-4-10-16-19;1-11(17)18-10-16-14-8-4-2-6-12(14)13-7-3-5-9-15(13)16;1-8(10)11-7-9-5-3-2-4-6-9;1-3-8-4-6-9(10-2)7-5-8;1-2-8-6-4-3-5-7-8;1-7(8)9-5-6-10(2,3)4;1-7(2,3)8(4,5)6;1-5(7)8-6(2,3)4;1-6(2,3)7(4)5;1-3-4-7-5(2)6;1-5(2,3)4;1-3-5-4-2;1-3(2)4;1-3-2;2*1-2;;/h2-16H,1H3;2-9,16H,10H2,1H3;2-6H,7H2,1H3;4-7H,3H2,1-2H3;3-7H,2H2,1H3;5-6H2,1-4H3;1-6H3;1-4H3;7H,1-5H3;3H,1,4H2,2H3;1-4H3;3H,1,4-5H2,2H3;1-2H3;3H2,1-2H3;2*1-2H3;2*1H4. The topological polar surface area (TPSA) is 158 Å². The number of ketones is 1. The van der Waals surface area contributed by atoms with Gasteiger partial charge in [-0.1, -0.05) is 443 Å². The smallest absolute Gasteiger partial charge is 0.303 e. The number of carbonyl (C=O) groups excluding carboxylic acids is 6. The summed E-state index contributed by atoms with van der Waals surface area (Å²) >= 11 is 0. The van der Waals surface area contributed by atoms with Crippen LogP contribution in [0.3, 0.4) is 0 Å². The van der Waals surface area contributed by atoms with Gasteiger partial charge in [0.05, 0.1) is 13.7 Å². The molecule has 0 saturated heterocycles. The van der Waals surface area contributed by atoms with Crippen molar-refractivity contribution in [1.29, 1.82) is 0 Å². The highest BCUT2D eigenvalue weighted by atomic mass is 28.3. The second-order valence-electron chi connectivity index (χ2n) is 37.2. The first-order chi connectivity index (χ1) is 59.5. The number of rotatable bonds is 17. The van der Waals surface area contributed by atoms with Gasteiger partial charge in [-0.3, -0.25) is 24.0 Å². The Bertz CT molecular complexity index is 3860. The van der Waals surface area contributed by atoms with E-state index in [0.29, 0.717) is 41.9 Å². The summed E-state index contributed by atoms with van der Waals surface area (Å²) in [5.41, 5.74) is 12.8. The van der Waals surface area contributed by atoms with Gasteiger partial charge in [0.2, 0.25) is 0 Å². The van der Waals surface area contributed by atoms with Gasteiger partial charge < -0.3 is 33.2 Å². The molecule has 0 fully saturated rings. The molecular weight excluding hydrogens is 1660 g/mol. The van der Waals surface area contributed by atoms with E-state index in [2.05, 4.69) is 333 Å². The molecule has 9 rings (SSSR count). The maximum atomic E-state index is 11.0. The third-order valence-corrected chi connectivity index (χ3v) is 27.7. The first-order valence-corrected chi connectivity index (χ1v) is 56.1. The Kier molecular flexibility index (Phi) is 85.9. The number of aryl methyl sites for hydroxylation is 2. The van der Waals surface area contributed by atoms with Gasteiger partial charge in [0.15, 0.2) is 0 Å². The number of hydrogen-bond acceptors (Lipinski definition) is 12. The molecule has 8 aromatic rings. The lowest BCUT2D eigenvalue weighted by molar-refractivity contribution is -0.152. The molecule has 0 aliphatic heterocycles. The molecule has 130 heavy (non-hydrogen) atoms. The number of ether oxygens (including phenoxy) is 6. The van der Waals surface area contributed by atoms with Crippen molar-refractivity contribution < 1.29 is 57.2 Å². The molecule has 0 atom stereocenters. The summed E-state index contributed by atoms with van der Waals surface area (Å²) in [7, 11) is -0.537. The molecule has 15 heteroatoms. The molecule has 0 heterocycles. The molecule has 0 N–H and O–H groups in total. The van der Waals surface area contributed by atoms with Gasteiger partial charge in [0.1, 0.15) is 37.0 Å². The zero-order chi connectivity index (χ0) is 100. The average molecular weight is 1850 g/mol. The van der Waals surface area contributed by atoms with E-state index in [1.165, 1.54) is 117 Å². The normalized spacial score (nSPS) is 10.3. The second kappa shape index (κ2) is 80.6. The number of methoxy groups -OCH3 is 1. The van der Waals surface area contributed by atoms with Gasteiger partial charge in [-0.2, -0.15) is 0 Å². The largest absolute Gasteiger partial charge is 0.497 e. The minimum Gasteiger partial charge on any atom is -0.497 e. The van der Waals surface area contributed by atoms with E-state index in [1.807, 2.05) is 127 Å². The Morgan fingerprint density at radius 2 is 0.708 bits per heavy atom. The fraction of sp³-hybridized carbons (Fsp3) is 0.496. The van der Waals surface area contributed by atoms with Crippen LogP contribution in [0.2, 0.25) is 68.5 Å². The van der Waals surface area contributed by atoms with E-state index in [9.17, 15) is 28.8 Å². The van der Waals surface area contributed by atoms with Crippen LogP contribution < -0.4 is 4.74 Å². The van der Waals surface area contributed by atoms with Gasteiger partial charge in [-0.05, 0) is 150 Å². The van der Waals surface area contributed by atoms with E-state index < -0.39 is 16.1 Å². The first kappa shape index (κ1) is 139. The predicted octanol–water partition coefficient (Wildman–Crippen LogP) is 33.4. The number of benzene rings is 8. The van der Waals surface area contributed by atoms with Gasteiger partial charge in [-0.25, -0.2) is 0 Å². The maximum absolute atomic E-state index is 11.0. The summed E-state index contributed by atoms with van der Waals surface area (Å²) in [6.07, 6.45) is 9.32. The minimum atomic E-state index is -1.00. The Morgan fingerprint density at radius 1 is 0.415 bits per heavy atom. The molecule has 8 aromatic carbocycles. The summed E-state index contributed by atoms with van der Waals surface area (Å²) in [6, 6.07) is 78.0. The van der Waals surface area contributed by atoms with Crippen molar-refractivity contribution in [2.24, 2.45) is 5.41 Å². The highest BCUT2D eigenvalue weighted by molar-refractivity contribution is 6.78. The van der Waals surface area contributed by atoms with Crippen molar-refractivity contribution in [3.63, 3.8) is 0 Å². The zero-order valence-corrected chi connectivity index (χ0v) is 91.2. The highest BCUT2D eigenvalue weighted by Crippen LogP contribution is 2.45. The van der Waals surface area contributed by atoms with Crippen LogP contribution in [-0.4, -0.2) is 93.1 Å². The Balaban J connectivity index is -0.000000177. The summed E-state index contributed by atoms with van der Waals surface area (Å²) < 4.78 is 29.0. The quantitative estimate of drug-likeness (QED) is 0.0280. The van der Waals surface area contributed by atoms with Crippen LogP contribution in [-0.2, 0) is 77.3 Å². The lowest BCUT2D eigenvalue weighted by atomic mass is 9.71. The van der Waals surface area contributed by atoms with Crippen molar-refractivity contribution in [3.05, 3.63) is 294 Å². The number of unbranched alkanes of at least 4 members (excludes halogenated alkanes) is 1. The SMILES string of the molecule is C.C.C=CCCC.C=CCOC(C)=O.CC.CC.CC(=O)OC(C)(C)C.CC(=O)OCC1c2ccccc2-c2ccccc21.CC(=O)OCC[Si](C)(C)C.CC(=O)OCc1ccccc1.CC(C)(C)C.CC(C)(C)[Si](C)(C)C.CC(C)=O.CC(c1ccccc1)(c1ccccc1)c1ccccc1.CCC.CCc1ccc(OC)cc1.CCc1ccccc1.C[SiH](C)C(C)(C)C. The zero-order valence-electron chi connectivity index (χ0n) is 88.1. The number of esters is 5. The van der Waals surface area contributed by atoms with Crippen LogP contribution in [0.1, 0.15) is 292 Å². The lowest BCUT2D eigenvalue weighted by Gasteiger charge is -2.32. The van der Waals surface area contributed by atoms with Crippen LogP contribution >= 0.6 is 0 Å². The number of hydrogen-bond donors (Lipinski definition) is 0. The molecule has 0 aromatic heterocycles. The number of Topliss-reactive ketones (excluding diaryl/α,β-unsaturated/α-hetero) is 1. The molecule has 0 amide bonds. The molecule has 0 radical (unpaired) electrons. The van der Waals surface area contributed by atoms with Gasteiger partial charge in [-0.15, -0.1) is 6.58 Å². The molecule has 0 spiro atoms. The monoisotopic (exact) mass is 1850 g/mol. The van der Waals surface area contributed by atoms with Gasteiger partial charge in [0, 0.05) is 70.9 Å². The lowest BCUT2D eigenvalue weighted by Crippen LogP contribution is -2.32. The Labute approximate surface area is 802 Å². The van der Waals surface area contributed by atoms with Crippen molar-refractivity contribution in [3.8, 4) is 16.9 Å². The number of allylic oxidation sites excluding steroid dienone is 1. The predicted molar refractivity (Wildman–Crippen MR) is 579 cm³/mol. The van der Waals surface area contributed by atoms with Crippen LogP contribution in [0.5, 0.6) is 5.75 Å². The molecule has 12 nitrogen and oxygen atoms in total. The third kappa shape index (κ3) is 81.9. The first-order valence-electron chi connectivity index (χ1n) is 46.0. The summed E-state index contributed by atoms with van der Waals surface area (Å²) in [6.45, 7) is 86.8. The fourth-order valence-corrected chi connectivity index (χ4v) is 9.82. The highest BCUT2D eigenvalue weighted by Gasteiger charge is 2.32. The van der Waals surface area contributed by atoms with Crippen LogP contribution in [0.25, 0.3) is 11.1 Å². The van der Waals surface area contributed by atoms with E-state index in [1.54, 1.807) is 7.11 Å². The number of fused-ring (bicyclic) bond motifs is 3. The van der Waals surface area contributed by atoms with E-state index in [-0.39, 0.29) is 76.2 Å². The third-order valence-electron chi connectivity index (χ3n) is 18.1. The van der Waals surface area contributed by atoms with Crippen molar-refractivity contribution in [2.75, 3.05) is 26.9 Å². The van der Waals surface area contributed by atoms with Gasteiger partial charge >= 0.3 is 29.8 Å². The molecule has 0 unspecified atom stereocenters. The Hall–Kier alpha value is -9.29. The minimum absolute atomic E-state index is 0. The molecule has 1 aliphatic carbocycles. The molecule has 734 valence electrons. The fourth-order valence-electron chi connectivity index (χ4n) is 9.10. The van der Waals surface area contributed by atoms with Gasteiger partial charge in [0.25, 0.3) is 0 Å². The van der Waals surface area contributed by atoms with E-state index in [4.69, 9.17) is 23.7 Å². The van der Waals surface area contributed by atoms with E-state index >= 15 is 0 Å². The molecule has 0 bridgehead atoms. The number of carbonyl (C=O) groups is 6. The van der Waals surface area contributed by atoms with E-state index in [0.717, 1.165) is 36.6 Å². The van der Waals surface area contributed by atoms with Crippen LogP contribution in [0.4, 0.5) is 0 Å². The van der Waals surface area contributed by atoms with Crippen LogP contribution in [0.15, 0.2) is 250 Å².